The van der Waals surface area contributed by atoms with Crippen LogP contribution in [0.1, 0.15) is 36.0 Å². The van der Waals surface area contributed by atoms with Crippen molar-refractivity contribution < 1.29 is 13.7 Å². The van der Waals surface area contributed by atoms with E-state index < -0.39 is 10.8 Å². The minimum Gasteiger partial charge on any atom is -0.496 e. The first-order valence-electron chi connectivity index (χ1n) is 12.0. The molecule has 4 atom stereocenters. The molecule has 2 aliphatic heterocycles. The number of rotatable bonds is 5. The molecule has 0 radical (unpaired) electrons. The molecule has 2 saturated heterocycles. The van der Waals surface area contributed by atoms with E-state index in [1.54, 1.807) is 7.11 Å². The Hall–Kier alpha value is -2.92. The molecule has 0 bridgehead atoms. The Bertz CT molecular complexity index is 1140. The van der Waals surface area contributed by atoms with Crippen molar-refractivity contribution in [3.05, 3.63) is 102 Å². The van der Waals surface area contributed by atoms with E-state index >= 15 is 0 Å². The highest BCUT2D eigenvalue weighted by Crippen LogP contribution is 2.50. The molecule has 0 saturated carbocycles. The van der Waals surface area contributed by atoms with Crippen LogP contribution in [0.3, 0.4) is 0 Å². The predicted octanol–water partition coefficient (Wildman–Crippen LogP) is 4.76. The Morgan fingerprint density at radius 3 is 2.15 bits per heavy atom. The van der Waals surface area contributed by atoms with Crippen LogP contribution in [0.2, 0.25) is 0 Å². The van der Waals surface area contributed by atoms with Crippen LogP contribution in [-0.4, -0.2) is 46.2 Å². The summed E-state index contributed by atoms with van der Waals surface area (Å²) in [5.74, 6) is 1.22. The fraction of sp³-hybridized carbons (Fsp3) is 0.345. The highest BCUT2D eigenvalue weighted by Gasteiger charge is 2.55. The lowest BCUT2D eigenvalue weighted by Crippen LogP contribution is -2.49. The average molecular weight is 474 g/mol. The SMILES string of the molecule is COc1ccccc1C(C)C(=O)N1CC2C(C1)C(c1ccccc1)(c1ccccc1)CCS2=O. The molecule has 0 aliphatic carbocycles. The van der Waals surface area contributed by atoms with Crippen molar-refractivity contribution in [3.8, 4) is 5.75 Å². The summed E-state index contributed by atoms with van der Waals surface area (Å²) < 4.78 is 18.8. The second kappa shape index (κ2) is 9.38. The fourth-order valence-corrected chi connectivity index (χ4v) is 7.93. The van der Waals surface area contributed by atoms with Gasteiger partial charge in [-0.05, 0) is 30.5 Å². The van der Waals surface area contributed by atoms with Crippen LogP contribution in [0, 0.1) is 5.92 Å². The molecule has 3 aromatic rings. The zero-order chi connectivity index (χ0) is 23.7. The minimum absolute atomic E-state index is 0.0389. The molecule has 176 valence electrons. The maximum Gasteiger partial charge on any atom is 0.230 e. The van der Waals surface area contributed by atoms with E-state index in [1.807, 2.05) is 48.2 Å². The molecule has 5 heteroatoms. The second-order valence-corrected chi connectivity index (χ2v) is 11.2. The molecule has 4 nitrogen and oxygen atoms in total. The first-order valence-corrected chi connectivity index (χ1v) is 13.3. The molecule has 0 spiro atoms. The first kappa shape index (κ1) is 22.9. The number of carbonyl (C=O) groups is 1. The van der Waals surface area contributed by atoms with E-state index in [-0.39, 0.29) is 28.4 Å². The van der Waals surface area contributed by atoms with Gasteiger partial charge in [0.2, 0.25) is 5.91 Å². The van der Waals surface area contributed by atoms with E-state index in [4.69, 9.17) is 4.74 Å². The molecule has 2 aliphatic rings. The van der Waals surface area contributed by atoms with Crippen molar-refractivity contribution in [1.29, 1.82) is 0 Å². The number of ether oxygens (including phenoxy) is 1. The third-order valence-corrected chi connectivity index (χ3v) is 9.56. The number of amides is 1. The summed E-state index contributed by atoms with van der Waals surface area (Å²) in [5, 5.41) is -0.0389. The van der Waals surface area contributed by atoms with Gasteiger partial charge in [0.1, 0.15) is 5.75 Å². The van der Waals surface area contributed by atoms with Crippen molar-refractivity contribution in [2.24, 2.45) is 5.92 Å². The lowest BCUT2D eigenvalue weighted by Gasteiger charge is -2.45. The van der Waals surface area contributed by atoms with Gasteiger partial charge in [-0.15, -0.1) is 0 Å². The van der Waals surface area contributed by atoms with Gasteiger partial charge in [-0.3, -0.25) is 9.00 Å². The topological polar surface area (TPSA) is 46.6 Å². The lowest BCUT2D eigenvalue weighted by atomic mass is 9.63. The summed E-state index contributed by atoms with van der Waals surface area (Å²) in [6.07, 6.45) is 0.818. The summed E-state index contributed by atoms with van der Waals surface area (Å²) in [5.41, 5.74) is 3.13. The molecule has 3 aromatic carbocycles. The third-order valence-electron chi connectivity index (χ3n) is 7.80. The normalized spacial score (nSPS) is 24.3. The van der Waals surface area contributed by atoms with Crippen LogP contribution in [0.4, 0.5) is 0 Å². The number of fused-ring (bicyclic) bond motifs is 1. The number of para-hydroxylation sites is 1. The van der Waals surface area contributed by atoms with Gasteiger partial charge in [0.05, 0.1) is 18.3 Å². The Morgan fingerprint density at radius 2 is 1.53 bits per heavy atom. The second-order valence-electron chi connectivity index (χ2n) is 9.39. The Labute approximate surface area is 204 Å². The number of hydrogen-bond donors (Lipinski definition) is 0. The summed E-state index contributed by atoms with van der Waals surface area (Å²) in [6.45, 7) is 3.09. The van der Waals surface area contributed by atoms with E-state index in [9.17, 15) is 9.00 Å². The molecule has 5 rings (SSSR count). The van der Waals surface area contributed by atoms with E-state index in [1.165, 1.54) is 11.1 Å². The summed E-state index contributed by atoms with van der Waals surface area (Å²) >= 11 is 0. The Kier molecular flexibility index (Phi) is 6.30. The standard InChI is InChI=1S/C29H31NO3S/c1-21(24-15-9-10-16-26(24)33-2)28(31)30-19-25-27(20-30)34(32)18-17-29(25,22-11-5-3-6-12-22)23-13-7-4-8-14-23/h3-16,21,25,27H,17-20H2,1-2H3. The third kappa shape index (κ3) is 3.76. The molecule has 2 fully saturated rings. The number of hydrogen-bond acceptors (Lipinski definition) is 3. The smallest absolute Gasteiger partial charge is 0.230 e. The summed E-state index contributed by atoms with van der Waals surface area (Å²) in [4.78, 5) is 15.7. The van der Waals surface area contributed by atoms with Crippen LogP contribution in [0.25, 0.3) is 0 Å². The van der Waals surface area contributed by atoms with Crippen LogP contribution >= 0.6 is 0 Å². The highest BCUT2D eigenvalue weighted by molar-refractivity contribution is 7.85. The quantitative estimate of drug-likeness (QED) is 0.537. The van der Waals surface area contributed by atoms with Gasteiger partial charge in [-0.1, -0.05) is 78.9 Å². The molecule has 34 heavy (non-hydrogen) atoms. The summed E-state index contributed by atoms with van der Waals surface area (Å²) in [7, 11) is 0.677. The van der Waals surface area contributed by atoms with Crippen LogP contribution in [0.5, 0.6) is 5.75 Å². The Balaban J connectivity index is 1.53. The summed E-state index contributed by atoms with van der Waals surface area (Å²) in [6, 6.07) is 28.9. The van der Waals surface area contributed by atoms with Crippen molar-refractivity contribution in [3.63, 3.8) is 0 Å². The molecular formula is C29H31NO3S. The number of likely N-dealkylation sites (tertiary alicyclic amines) is 1. The maximum absolute atomic E-state index is 13.7. The van der Waals surface area contributed by atoms with Crippen LogP contribution in [-0.2, 0) is 21.0 Å². The van der Waals surface area contributed by atoms with Gasteiger partial charge in [-0.2, -0.15) is 0 Å². The predicted molar refractivity (Wildman–Crippen MR) is 137 cm³/mol. The van der Waals surface area contributed by atoms with E-state index in [2.05, 4.69) is 48.5 Å². The van der Waals surface area contributed by atoms with Crippen molar-refractivity contribution in [1.82, 2.24) is 4.90 Å². The zero-order valence-corrected chi connectivity index (χ0v) is 20.5. The monoisotopic (exact) mass is 473 g/mol. The van der Waals surface area contributed by atoms with Gasteiger partial charge in [-0.25, -0.2) is 0 Å². The minimum atomic E-state index is -0.959. The highest BCUT2D eigenvalue weighted by atomic mass is 32.2. The number of nitrogens with zero attached hydrogens (tertiary/aromatic N) is 1. The first-order chi connectivity index (χ1) is 16.6. The van der Waals surface area contributed by atoms with Crippen LogP contribution in [0.15, 0.2) is 84.9 Å². The van der Waals surface area contributed by atoms with Gasteiger partial charge in [0, 0.05) is 46.5 Å². The molecule has 4 unspecified atom stereocenters. The van der Waals surface area contributed by atoms with Crippen molar-refractivity contribution >= 4 is 16.7 Å². The molecule has 1 amide bonds. The van der Waals surface area contributed by atoms with Gasteiger partial charge in [0.25, 0.3) is 0 Å². The number of carbonyl (C=O) groups excluding carboxylic acids is 1. The van der Waals surface area contributed by atoms with Gasteiger partial charge >= 0.3 is 0 Å². The van der Waals surface area contributed by atoms with Crippen molar-refractivity contribution in [2.75, 3.05) is 26.0 Å². The number of methoxy groups -OCH3 is 1. The maximum atomic E-state index is 13.7. The molecular weight excluding hydrogens is 442 g/mol. The van der Waals surface area contributed by atoms with Gasteiger partial charge in [0.15, 0.2) is 0 Å². The molecule has 0 aromatic heterocycles. The van der Waals surface area contributed by atoms with Crippen LogP contribution < -0.4 is 4.74 Å². The average Bonchev–Trinajstić information content (AvgIpc) is 3.36. The lowest BCUT2D eigenvalue weighted by molar-refractivity contribution is -0.131. The molecule has 0 N–H and O–H groups in total. The zero-order valence-electron chi connectivity index (χ0n) is 19.7. The van der Waals surface area contributed by atoms with E-state index in [0.29, 0.717) is 18.8 Å². The van der Waals surface area contributed by atoms with Gasteiger partial charge < -0.3 is 9.64 Å². The largest absolute Gasteiger partial charge is 0.496 e. The van der Waals surface area contributed by atoms with E-state index in [0.717, 1.165) is 17.7 Å². The van der Waals surface area contributed by atoms with Crippen molar-refractivity contribution in [2.45, 2.75) is 29.9 Å². The fourth-order valence-electron chi connectivity index (χ4n) is 6.08. The number of benzene rings is 3. The Morgan fingerprint density at radius 1 is 0.941 bits per heavy atom. The molecule has 2 heterocycles.